The number of ketones is 1. The molecule has 0 unspecified atom stereocenters. The van der Waals surface area contributed by atoms with E-state index in [1.54, 1.807) is 12.1 Å². The molecule has 1 aliphatic rings. The summed E-state index contributed by atoms with van der Waals surface area (Å²) in [4.78, 5) is 12.2. The minimum Gasteiger partial charge on any atom is -0.481 e. The van der Waals surface area contributed by atoms with Crippen LogP contribution >= 0.6 is 0 Å². The monoisotopic (exact) mass is 237 g/mol. The summed E-state index contributed by atoms with van der Waals surface area (Å²) in [5.74, 6) is 0.0907. The van der Waals surface area contributed by atoms with E-state index in [1.807, 2.05) is 30.3 Å². The summed E-state index contributed by atoms with van der Waals surface area (Å²) in [6.45, 7) is 0. The molecule has 1 aliphatic carbocycles. The normalized spacial score (nSPS) is 11.9. The van der Waals surface area contributed by atoms with Gasteiger partial charge in [0.2, 0.25) is 5.90 Å². The van der Waals surface area contributed by atoms with Gasteiger partial charge in [-0.05, 0) is 23.3 Å². The molecule has 2 aromatic rings. The third-order valence-electron chi connectivity index (χ3n) is 3.19. The summed E-state index contributed by atoms with van der Waals surface area (Å²) in [7, 11) is 1.45. The van der Waals surface area contributed by atoms with Crippen LogP contribution in [0, 0.1) is 5.41 Å². The molecule has 88 valence electrons. The van der Waals surface area contributed by atoms with Crippen molar-refractivity contribution >= 4 is 11.7 Å². The van der Waals surface area contributed by atoms with Crippen molar-refractivity contribution in [3.05, 3.63) is 59.2 Å². The Labute approximate surface area is 105 Å². The quantitative estimate of drug-likeness (QED) is 0.522. The van der Waals surface area contributed by atoms with Crippen LogP contribution in [0.2, 0.25) is 0 Å². The van der Waals surface area contributed by atoms with Crippen LogP contribution in [-0.2, 0) is 4.74 Å². The van der Waals surface area contributed by atoms with Gasteiger partial charge in [0.15, 0.2) is 5.78 Å². The molecule has 3 rings (SSSR count). The first-order valence-electron chi connectivity index (χ1n) is 5.63. The largest absolute Gasteiger partial charge is 0.481 e. The Bertz CT molecular complexity index is 674. The van der Waals surface area contributed by atoms with E-state index in [0.29, 0.717) is 11.1 Å². The molecule has 0 aliphatic heterocycles. The van der Waals surface area contributed by atoms with E-state index in [4.69, 9.17) is 10.1 Å². The van der Waals surface area contributed by atoms with Gasteiger partial charge in [-0.15, -0.1) is 0 Å². The number of hydrogen-bond acceptors (Lipinski definition) is 3. The zero-order chi connectivity index (χ0) is 12.7. The van der Waals surface area contributed by atoms with E-state index in [-0.39, 0.29) is 11.7 Å². The van der Waals surface area contributed by atoms with Gasteiger partial charge in [0.05, 0.1) is 7.11 Å². The van der Waals surface area contributed by atoms with Crippen molar-refractivity contribution in [2.75, 3.05) is 7.11 Å². The molecule has 0 saturated heterocycles. The lowest BCUT2D eigenvalue weighted by molar-refractivity contribution is 0.104. The Kier molecular flexibility index (Phi) is 2.27. The SMILES string of the molecule is COC(=N)c1ccc2c(c1)C(=O)c1ccccc1-2. The summed E-state index contributed by atoms with van der Waals surface area (Å²) < 4.78 is 4.88. The van der Waals surface area contributed by atoms with E-state index >= 15 is 0 Å². The number of carbonyl (C=O) groups excluding carboxylic acids is 1. The number of ether oxygens (including phenoxy) is 1. The maximum Gasteiger partial charge on any atom is 0.212 e. The van der Waals surface area contributed by atoms with Crippen LogP contribution in [0.1, 0.15) is 21.5 Å². The summed E-state index contributed by atoms with van der Waals surface area (Å²) in [5.41, 5.74) is 3.90. The molecule has 3 heteroatoms. The fourth-order valence-electron chi connectivity index (χ4n) is 2.29. The molecular weight excluding hydrogens is 226 g/mol. The molecule has 0 amide bonds. The van der Waals surface area contributed by atoms with Crippen LogP contribution in [0.15, 0.2) is 42.5 Å². The third-order valence-corrected chi connectivity index (χ3v) is 3.19. The number of benzene rings is 2. The molecule has 3 nitrogen and oxygen atoms in total. The highest BCUT2D eigenvalue weighted by atomic mass is 16.5. The number of methoxy groups -OCH3 is 1. The van der Waals surface area contributed by atoms with Crippen molar-refractivity contribution in [2.24, 2.45) is 0 Å². The van der Waals surface area contributed by atoms with E-state index in [2.05, 4.69) is 0 Å². The molecule has 0 bridgehead atoms. The maximum absolute atomic E-state index is 12.2. The Morgan fingerprint density at radius 1 is 1.00 bits per heavy atom. The number of rotatable bonds is 1. The molecule has 0 aromatic heterocycles. The van der Waals surface area contributed by atoms with Crippen LogP contribution in [0.5, 0.6) is 0 Å². The molecule has 0 heterocycles. The average Bonchev–Trinajstić information content (AvgIpc) is 2.72. The van der Waals surface area contributed by atoms with Gasteiger partial charge < -0.3 is 4.74 Å². The van der Waals surface area contributed by atoms with Crippen molar-refractivity contribution < 1.29 is 9.53 Å². The van der Waals surface area contributed by atoms with E-state index in [9.17, 15) is 4.79 Å². The van der Waals surface area contributed by atoms with Gasteiger partial charge in [-0.2, -0.15) is 0 Å². The van der Waals surface area contributed by atoms with E-state index in [0.717, 1.165) is 16.7 Å². The number of hydrogen-bond donors (Lipinski definition) is 1. The van der Waals surface area contributed by atoms with Gasteiger partial charge in [0.1, 0.15) is 0 Å². The Morgan fingerprint density at radius 3 is 2.39 bits per heavy atom. The second-order valence-corrected chi connectivity index (χ2v) is 4.17. The zero-order valence-corrected chi connectivity index (χ0v) is 9.86. The standard InChI is InChI=1S/C15H11NO2/c1-18-15(16)9-6-7-11-10-4-2-3-5-12(10)14(17)13(11)8-9/h2-8,16H,1H3. The lowest BCUT2D eigenvalue weighted by atomic mass is 10.0. The highest BCUT2D eigenvalue weighted by Gasteiger charge is 2.26. The Hall–Kier alpha value is -2.42. The van der Waals surface area contributed by atoms with Gasteiger partial charge in [-0.3, -0.25) is 10.2 Å². The first-order chi connectivity index (χ1) is 8.72. The van der Waals surface area contributed by atoms with Crippen LogP contribution < -0.4 is 0 Å². The van der Waals surface area contributed by atoms with Crippen LogP contribution in [0.4, 0.5) is 0 Å². The summed E-state index contributed by atoms with van der Waals surface area (Å²) in [6.07, 6.45) is 0. The topological polar surface area (TPSA) is 50.1 Å². The predicted octanol–water partition coefficient (Wildman–Crippen LogP) is 2.87. The Morgan fingerprint density at radius 2 is 1.67 bits per heavy atom. The lowest BCUT2D eigenvalue weighted by Crippen LogP contribution is -2.03. The van der Waals surface area contributed by atoms with Gasteiger partial charge in [0, 0.05) is 16.7 Å². The summed E-state index contributed by atoms with van der Waals surface area (Å²) in [5, 5.41) is 7.63. The smallest absolute Gasteiger partial charge is 0.212 e. The second kappa shape index (κ2) is 3.81. The number of carbonyl (C=O) groups is 1. The first-order valence-corrected chi connectivity index (χ1v) is 5.63. The minimum atomic E-state index is 0.0198. The molecule has 18 heavy (non-hydrogen) atoms. The van der Waals surface area contributed by atoms with Crippen molar-refractivity contribution in [2.45, 2.75) is 0 Å². The van der Waals surface area contributed by atoms with Crippen molar-refractivity contribution in [1.29, 1.82) is 5.41 Å². The van der Waals surface area contributed by atoms with Crippen LogP contribution in [0.3, 0.4) is 0 Å². The Balaban J connectivity index is 2.20. The zero-order valence-electron chi connectivity index (χ0n) is 9.86. The number of nitrogens with one attached hydrogen (secondary N) is 1. The van der Waals surface area contributed by atoms with Gasteiger partial charge in [-0.25, -0.2) is 0 Å². The van der Waals surface area contributed by atoms with Crippen molar-refractivity contribution in [3.8, 4) is 11.1 Å². The van der Waals surface area contributed by atoms with Gasteiger partial charge in [0.25, 0.3) is 0 Å². The molecule has 1 N–H and O–H groups in total. The highest BCUT2D eigenvalue weighted by molar-refractivity contribution is 6.22. The van der Waals surface area contributed by atoms with Crippen molar-refractivity contribution in [3.63, 3.8) is 0 Å². The maximum atomic E-state index is 12.2. The molecule has 0 fully saturated rings. The van der Waals surface area contributed by atoms with Crippen LogP contribution in [0.25, 0.3) is 11.1 Å². The molecule has 0 radical (unpaired) electrons. The van der Waals surface area contributed by atoms with Crippen molar-refractivity contribution in [1.82, 2.24) is 0 Å². The molecule has 0 atom stereocenters. The molecular formula is C15H11NO2. The second-order valence-electron chi connectivity index (χ2n) is 4.17. The molecule has 0 saturated carbocycles. The minimum absolute atomic E-state index is 0.0198. The van der Waals surface area contributed by atoms with Crippen LogP contribution in [-0.4, -0.2) is 18.8 Å². The van der Waals surface area contributed by atoms with Gasteiger partial charge in [-0.1, -0.05) is 30.3 Å². The third kappa shape index (κ3) is 1.37. The summed E-state index contributed by atoms with van der Waals surface area (Å²) >= 11 is 0. The van der Waals surface area contributed by atoms with Gasteiger partial charge >= 0.3 is 0 Å². The highest BCUT2D eigenvalue weighted by Crippen LogP contribution is 2.36. The fraction of sp³-hybridized carbons (Fsp3) is 0.0667. The fourth-order valence-corrected chi connectivity index (χ4v) is 2.29. The summed E-state index contributed by atoms with van der Waals surface area (Å²) in [6, 6.07) is 13.0. The van der Waals surface area contributed by atoms with E-state index < -0.39 is 0 Å². The van der Waals surface area contributed by atoms with E-state index in [1.165, 1.54) is 7.11 Å². The molecule has 2 aromatic carbocycles. The first kappa shape index (κ1) is 10.7. The average molecular weight is 237 g/mol. The molecule has 0 spiro atoms. The number of fused-ring (bicyclic) bond motifs is 3. The lowest BCUT2D eigenvalue weighted by Gasteiger charge is -2.04. The predicted molar refractivity (Wildman–Crippen MR) is 69.1 cm³/mol.